The van der Waals surface area contributed by atoms with E-state index in [0.29, 0.717) is 12.0 Å². The van der Waals surface area contributed by atoms with E-state index in [1.165, 1.54) is 38.5 Å². The van der Waals surface area contributed by atoms with Gasteiger partial charge in [-0.3, -0.25) is 4.68 Å². The van der Waals surface area contributed by atoms with E-state index < -0.39 is 0 Å². The third kappa shape index (κ3) is 2.60. The summed E-state index contributed by atoms with van der Waals surface area (Å²) in [6.45, 7) is 0. The maximum Gasteiger partial charge on any atom is 0.157 e. The molecule has 6 heteroatoms. The zero-order chi connectivity index (χ0) is 18.9. The molecule has 5 aliphatic carbocycles. The second-order valence-corrected chi connectivity index (χ2v) is 10.3. The van der Waals surface area contributed by atoms with Crippen molar-refractivity contribution >= 4 is 0 Å². The lowest BCUT2D eigenvalue weighted by molar-refractivity contribution is -0.00937. The standard InChI is InChI=1S/C22H32N6/c1-27-19(6-7-24-27)28-20(17-2-4-18(23)5-3-17)25-21(26-28)22-11-14-8-15(12-22)10-16(9-14)13-22/h6-7,14-18H,2-5,8-13,23H2,1H3. The number of aryl methyl sites for hydroxylation is 1. The normalized spacial score (nSPS) is 39.6. The predicted molar refractivity (Wildman–Crippen MR) is 107 cm³/mol. The lowest BCUT2D eigenvalue weighted by atomic mass is 9.49. The first-order valence-electron chi connectivity index (χ1n) is 11.3. The van der Waals surface area contributed by atoms with Crippen LogP contribution in [0.25, 0.3) is 5.82 Å². The molecule has 5 saturated carbocycles. The smallest absolute Gasteiger partial charge is 0.157 e. The van der Waals surface area contributed by atoms with Crippen LogP contribution in [0.3, 0.4) is 0 Å². The number of rotatable bonds is 3. The van der Waals surface area contributed by atoms with E-state index in [9.17, 15) is 0 Å². The SMILES string of the molecule is Cn1nccc1-n1nc(C23CC4CC(CC(C4)C2)C3)nc1C1CCC(N)CC1. The molecule has 6 nitrogen and oxygen atoms in total. The summed E-state index contributed by atoms with van der Waals surface area (Å²) < 4.78 is 4.05. The third-order valence-electron chi connectivity index (χ3n) is 8.29. The molecule has 0 aliphatic heterocycles. The summed E-state index contributed by atoms with van der Waals surface area (Å²) in [6.07, 6.45) is 14.6. The molecular weight excluding hydrogens is 348 g/mol. The maximum atomic E-state index is 6.18. The van der Waals surface area contributed by atoms with Gasteiger partial charge < -0.3 is 5.73 Å². The second kappa shape index (κ2) is 6.15. The Morgan fingerprint density at radius 1 is 1.00 bits per heavy atom. The van der Waals surface area contributed by atoms with Crippen molar-refractivity contribution in [1.82, 2.24) is 24.5 Å². The Labute approximate surface area is 166 Å². The second-order valence-electron chi connectivity index (χ2n) is 10.3. The van der Waals surface area contributed by atoms with E-state index in [1.54, 1.807) is 0 Å². The molecular formula is C22H32N6. The van der Waals surface area contributed by atoms with Crippen molar-refractivity contribution in [3.8, 4) is 5.82 Å². The summed E-state index contributed by atoms with van der Waals surface area (Å²) in [4.78, 5) is 5.32. The Morgan fingerprint density at radius 2 is 1.64 bits per heavy atom. The molecule has 0 atom stereocenters. The molecule has 0 spiro atoms. The molecule has 7 rings (SSSR count). The van der Waals surface area contributed by atoms with Crippen LogP contribution >= 0.6 is 0 Å². The van der Waals surface area contributed by atoms with Crippen LogP contribution in [0.15, 0.2) is 12.3 Å². The van der Waals surface area contributed by atoms with E-state index in [1.807, 2.05) is 17.9 Å². The van der Waals surface area contributed by atoms with Crippen LogP contribution in [0, 0.1) is 17.8 Å². The fourth-order valence-corrected chi connectivity index (χ4v) is 7.32. The molecule has 5 aliphatic rings. The Balaban J connectivity index is 1.43. The Bertz CT molecular complexity index is 836. The maximum absolute atomic E-state index is 6.18. The lowest BCUT2D eigenvalue weighted by Crippen LogP contribution is -2.49. The van der Waals surface area contributed by atoms with Gasteiger partial charge >= 0.3 is 0 Å². The van der Waals surface area contributed by atoms with Gasteiger partial charge in [0, 0.05) is 30.5 Å². The van der Waals surface area contributed by atoms with E-state index in [4.69, 9.17) is 15.8 Å². The van der Waals surface area contributed by atoms with Crippen LogP contribution < -0.4 is 5.73 Å². The predicted octanol–water partition coefficient (Wildman–Crippen LogP) is 3.45. The molecule has 0 amide bonds. The van der Waals surface area contributed by atoms with E-state index in [-0.39, 0.29) is 5.41 Å². The monoisotopic (exact) mass is 380 g/mol. The van der Waals surface area contributed by atoms with Crippen molar-refractivity contribution in [3.05, 3.63) is 23.9 Å². The van der Waals surface area contributed by atoms with Gasteiger partial charge in [0.2, 0.25) is 0 Å². The fraction of sp³-hybridized carbons (Fsp3) is 0.773. The number of aromatic nitrogens is 5. The molecule has 150 valence electrons. The first-order valence-corrected chi connectivity index (χ1v) is 11.3. The van der Waals surface area contributed by atoms with Gasteiger partial charge in [0.1, 0.15) is 5.82 Å². The highest BCUT2D eigenvalue weighted by Gasteiger charge is 2.53. The van der Waals surface area contributed by atoms with Gasteiger partial charge in [0.25, 0.3) is 0 Å². The molecule has 0 aromatic carbocycles. The molecule has 0 unspecified atom stereocenters. The topological polar surface area (TPSA) is 74.5 Å². The quantitative estimate of drug-likeness (QED) is 0.885. The van der Waals surface area contributed by atoms with E-state index in [0.717, 1.165) is 60.9 Å². The molecule has 2 N–H and O–H groups in total. The summed E-state index contributed by atoms with van der Waals surface area (Å²) >= 11 is 0. The van der Waals surface area contributed by atoms with Crippen molar-refractivity contribution in [2.45, 2.75) is 81.6 Å². The first-order chi connectivity index (χ1) is 13.6. The van der Waals surface area contributed by atoms with Crippen LogP contribution in [-0.2, 0) is 12.5 Å². The van der Waals surface area contributed by atoms with Crippen molar-refractivity contribution in [2.75, 3.05) is 0 Å². The molecule has 4 bridgehead atoms. The van der Waals surface area contributed by atoms with Crippen LogP contribution in [0.2, 0.25) is 0 Å². The summed E-state index contributed by atoms with van der Waals surface area (Å²) in [7, 11) is 2.00. The largest absolute Gasteiger partial charge is 0.328 e. The number of nitrogens with two attached hydrogens (primary N) is 1. The summed E-state index contributed by atoms with van der Waals surface area (Å²) in [6, 6.07) is 2.42. The minimum atomic E-state index is 0.235. The molecule has 2 heterocycles. The lowest BCUT2D eigenvalue weighted by Gasteiger charge is -2.55. The number of nitrogens with zero attached hydrogens (tertiary/aromatic N) is 5. The van der Waals surface area contributed by atoms with Crippen LogP contribution in [0.1, 0.15) is 81.8 Å². The highest BCUT2D eigenvalue weighted by atomic mass is 15.4. The highest BCUT2D eigenvalue weighted by Crippen LogP contribution is 2.60. The van der Waals surface area contributed by atoms with E-state index >= 15 is 0 Å². The van der Waals surface area contributed by atoms with Gasteiger partial charge in [-0.2, -0.15) is 9.78 Å². The average molecular weight is 381 g/mol. The number of hydrogen-bond donors (Lipinski definition) is 1. The fourth-order valence-electron chi connectivity index (χ4n) is 7.32. The Morgan fingerprint density at radius 3 is 2.21 bits per heavy atom. The molecule has 28 heavy (non-hydrogen) atoms. The zero-order valence-corrected chi connectivity index (χ0v) is 16.9. The Kier molecular flexibility index (Phi) is 3.78. The van der Waals surface area contributed by atoms with E-state index in [2.05, 4.69) is 15.8 Å². The minimum Gasteiger partial charge on any atom is -0.328 e. The van der Waals surface area contributed by atoms with Crippen LogP contribution in [0.4, 0.5) is 0 Å². The van der Waals surface area contributed by atoms with Gasteiger partial charge in [-0.1, -0.05) is 0 Å². The van der Waals surface area contributed by atoms with Gasteiger partial charge in [-0.05, 0) is 82.0 Å². The summed E-state index contributed by atoms with van der Waals surface area (Å²) in [5.41, 5.74) is 6.42. The van der Waals surface area contributed by atoms with Gasteiger partial charge in [-0.15, -0.1) is 5.10 Å². The number of hydrogen-bond acceptors (Lipinski definition) is 4. The summed E-state index contributed by atoms with van der Waals surface area (Å²) in [5, 5.41) is 9.61. The summed E-state index contributed by atoms with van der Waals surface area (Å²) in [5.74, 6) is 6.51. The molecule has 2 aromatic rings. The van der Waals surface area contributed by atoms with Gasteiger partial charge in [-0.25, -0.2) is 4.98 Å². The first kappa shape index (κ1) is 17.2. The molecule has 2 aromatic heterocycles. The van der Waals surface area contributed by atoms with Crippen molar-refractivity contribution < 1.29 is 0 Å². The molecule has 5 fully saturated rings. The van der Waals surface area contributed by atoms with Crippen molar-refractivity contribution in [1.29, 1.82) is 0 Å². The third-order valence-corrected chi connectivity index (χ3v) is 8.29. The Hall–Kier alpha value is -1.69. The van der Waals surface area contributed by atoms with Gasteiger partial charge in [0.15, 0.2) is 11.6 Å². The molecule has 0 radical (unpaired) electrons. The van der Waals surface area contributed by atoms with Gasteiger partial charge in [0.05, 0.1) is 6.20 Å². The van der Waals surface area contributed by atoms with Crippen molar-refractivity contribution in [3.63, 3.8) is 0 Å². The molecule has 0 saturated heterocycles. The zero-order valence-electron chi connectivity index (χ0n) is 16.9. The van der Waals surface area contributed by atoms with Crippen LogP contribution in [-0.4, -0.2) is 30.6 Å². The van der Waals surface area contributed by atoms with Crippen LogP contribution in [0.5, 0.6) is 0 Å². The average Bonchev–Trinajstić information content (AvgIpc) is 3.28. The van der Waals surface area contributed by atoms with Crippen molar-refractivity contribution in [2.24, 2.45) is 30.5 Å². The highest BCUT2D eigenvalue weighted by molar-refractivity contribution is 5.26. The minimum absolute atomic E-state index is 0.235.